The zero-order chi connectivity index (χ0) is 24.9. The molecule has 0 aliphatic heterocycles. The van der Waals surface area contributed by atoms with Gasteiger partial charge in [0.25, 0.3) is 15.9 Å². The highest BCUT2D eigenvalue weighted by molar-refractivity contribution is 7.92. The third-order valence-electron chi connectivity index (χ3n) is 5.51. The monoisotopic (exact) mass is 480 g/mol. The third-order valence-corrected chi connectivity index (χ3v) is 7.31. The molecule has 0 aliphatic rings. The second-order valence-electron chi connectivity index (χ2n) is 9.18. The van der Waals surface area contributed by atoms with Crippen molar-refractivity contribution < 1.29 is 17.9 Å². The molecule has 0 heterocycles. The summed E-state index contributed by atoms with van der Waals surface area (Å²) in [6, 6.07) is 21.1. The zero-order valence-corrected chi connectivity index (χ0v) is 21.1. The Morgan fingerprint density at radius 3 is 2.18 bits per heavy atom. The Kier molecular flexibility index (Phi) is 7.67. The van der Waals surface area contributed by atoms with Gasteiger partial charge in [0.05, 0.1) is 17.1 Å². The number of sulfonamides is 1. The molecule has 0 aromatic heterocycles. The van der Waals surface area contributed by atoms with Crippen LogP contribution in [0, 0.1) is 6.92 Å². The minimum atomic E-state index is -3.68. The second kappa shape index (κ2) is 10.3. The number of anilines is 1. The first-order valence-electron chi connectivity index (χ1n) is 11.2. The van der Waals surface area contributed by atoms with Crippen LogP contribution < -0.4 is 14.4 Å². The highest BCUT2D eigenvalue weighted by Crippen LogP contribution is 2.30. The quantitative estimate of drug-likeness (QED) is 0.464. The number of nitrogens with zero attached hydrogens (tertiary/aromatic N) is 1. The van der Waals surface area contributed by atoms with E-state index in [1.807, 2.05) is 31.2 Å². The van der Waals surface area contributed by atoms with Gasteiger partial charge in [-0.15, -0.1) is 0 Å². The fourth-order valence-electron chi connectivity index (χ4n) is 3.47. The number of carbonyl (C=O) groups is 1. The van der Waals surface area contributed by atoms with E-state index in [1.165, 1.54) is 11.4 Å². The SMILES string of the molecule is Cc1ccc(S(=O)(=O)N(C)c2ccc(C(=O)NCCOc3ccccc3C(C)(C)C)cc2)cc1. The van der Waals surface area contributed by atoms with Gasteiger partial charge in [-0.05, 0) is 60.4 Å². The summed E-state index contributed by atoms with van der Waals surface area (Å²) in [7, 11) is -2.19. The maximum atomic E-state index is 12.9. The summed E-state index contributed by atoms with van der Waals surface area (Å²) in [5.74, 6) is 0.565. The summed E-state index contributed by atoms with van der Waals surface area (Å²) in [4.78, 5) is 12.7. The molecule has 0 saturated heterocycles. The number of aryl methyl sites for hydroxylation is 1. The summed E-state index contributed by atoms with van der Waals surface area (Å²) in [5, 5.41) is 2.84. The summed E-state index contributed by atoms with van der Waals surface area (Å²) in [5.41, 5.74) is 2.98. The van der Waals surface area contributed by atoms with Gasteiger partial charge in [-0.2, -0.15) is 0 Å². The lowest BCUT2D eigenvalue weighted by atomic mass is 9.86. The van der Waals surface area contributed by atoms with Crippen LogP contribution in [0.15, 0.2) is 77.7 Å². The molecule has 0 bridgehead atoms. The number of hydrogen-bond donors (Lipinski definition) is 1. The topological polar surface area (TPSA) is 75.7 Å². The summed E-state index contributed by atoms with van der Waals surface area (Å²) < 4.78 is 32.9. The van der Waals surface area contributed by atoms with Gasteiger partial charge < -0.3 is 10.1 Å². The summed E-state index contributed by atoms with van der Waals surface area (Å²) in [6.45, 7) is 8.98. The average molecular weight is 481 g/mol. The van der Waals surface area contributed by atoms with E-state index in [0.717, 1.165) is 16.9 Å². The van der Waals surface area contributed by atoms with E-state index in [1.54, 1.807) is 48.5 Å². The number of para-hydroxylation sites is 1. The molecule has 0 radical (unpaired) electrons. The van der Waals surface area contributed by atoms with Crippen molar-refractivity contribution in [2.45, 2.75) is 38.0 Å². The molecular weight excluding hydrogens is 448 g/mol. The van der Waals surface area contributed by atoms with Crippen LogP contribution in [0.25, 0.3) is 0 Å². The minimum absolute atomic E-state index is 0.0400. The van der Waals surface area contributed by atoms with Gasteiger partial charge in [0.2, 0.25) is 0 Å². The molecule has 3 aromatic carbocycles. The van der Waals surface area contributed by atoms with E-state index in [-0.39, 0.29) is 16.2 Å². The molecular formula is C27H32N2O4S. The molecule has 0 atom stereocenters. The average Bonchev–Trinajstić information content (AvgIpc) is 2.81. The molecule has 180 valence electrons. The highest BCUT2D eigenvalue weighted by Gasteiger charge is 2.21. The Morgan fingerprint density at radius 1 is 0.941 bits per heavy atom. The fraction of sp³-hybridized carbons (Fsp3) is 0.296. The Hall–Kier alpha value is -3.32. The van der Waals surface area contributed by atoms with Crippen molar-refractivity contribution in [1.82, 2.24) is 5.32 Å². The molecule has 0 fully saturated rings. The maximum absolute atomic E-state index is 12.9. The Bertz CT molecular complexity index is 1230. The molecule has 3 rings (SSSR count). The first kappa shape index (κ1) is 25.3. The van der Waals surface area contributed by atoms with Crippen LogP contribution in [0.2, 0.25) is 0 Å². The largest absolute Gasteiger partial charge is 0.491 e. The van der Waals surface area contributed by atoms with E-state index in [4.69, 9.17) is 4.74 Å². The lowest BCUT2D eigenvalue weighted by Crippen LogP contribution is -2.29. The Morgan fingerprint density at radius 2 is 1.56 bits per heavy atom. The standard InChI is InChI=1S/C27H32N2O4S/c1-20-10-16-23(17-11-20)34(31,32)29(5)22-14-12-21(13-15-22)26(30)28-18-19-33-25-9-7-6-8-24(25)27(2,3)4/h6-17H,18-19H2,1-5H3,(H,28,30). The molecule has 0 unspecified atom stereocenters. The van der Waals surface area contributed by atoms with E-state index in [2.05, 4.69) is 26.1 Å². The van der Waals surface area contributed by atoms with Crippen molar-refractivity contribution in [3.63, 3.8) is 0 Å². The van der Waals surface area contributed by atoms with E-state index < -0.39 is 10.0 Å². The molecule has 1 N–H and O–H groups in total. The van der Waals surface area contributed by atoms with Crippen LogP contribution in [0.1, 0.15) is 42.3 Å². The van der Waals surface area contributed by atoms with Gasteiger partial charge in [-0.3, -0.25) is 9.10 Å². The number of rotatable bonds is 8. The molecule has 34 heavy (non-hydrogen) atoms. The van der Waals surface area contributed by atoms with E-state index in [9.17, 15) is 13.2 Å². The minimum Gasteiger partial charge on any atom is -0.491 e. The molecule has 0 spiro atoms. The van der Waals surface area contributed by atoms with Crippen molar-refractivity contribution in [2.75, 3.05) is 24.5 Å². The second-order valence-corrected chi connectivity index (χ2v) is 11.2. The highest BCUT2D eigenvalue weighted by atomic mass is 32.2. The van der Waals surface area contributed by atoms with Crippen LogP contribution in [-0.4, -0.2) is 34.5 Å². The molecule has 1 amide bonds. The molecule has 7 heteroatoms. The van der Waals surface area contributed by atoms with Crippen molar-refractivity contribution in [3.8, 4) is 5.75 Å². The van der Waals surface area contributed by atoms with Gasteiger partial charge in [-0.1, -0.05) is 56.7 Å². The van der Waals surface area contributed by atoms with Crippen LogP contribution in [0.5, 0.6) is 5.75 Å². The lowest BCUT2D eigenvalue weighted by molar-refractivity contribution is 0.0947. The van der Waals surface area contributed by atoms with Crippen LogP contribution in [0.3, 0.4) is 0 Å². The van der Waals surface area contributed by atoms with Gasteiger partial charge in [0.15, 0.2) is 0 Å². The van der Waals surface area contributed by atoms with Crippen molar-refractivity contribution in [2.24, 2.45) is 0 Å². The van der Waals surface area contributed by atoms with E-state index >= 15 is 0 Å². The molecule has 0 aliphatic carbocycles. The number of ether oxygens (including phenoxy) is 1. The number of hydrogen-bond acceptors (Lipinski definition) is 4. The maximum Gasteiger partial charge on any atom is 0.264 e. The number of amides is 1. The molecule has 0 saturated carbocycles. The van der Waals surface area contributed by atoms with Crippen molar-refractivity contribution in [3.05, 3.63) is 89.5 Å². The number of benzene rings is 3. The van der Waals surface area contributed by atoms with Crippen molar-refractivity contribution >= 4 is 21.6 Å². The van der Waals surface area contributed by atoms with Crippen molar-refractivity contribution in [1.29, 1.82) is 0 Å². The molecule has 3 aromatic rings. The van der Waals surface area contributed by atoms with Crippen LogP contribution in [0.4, 0.5) is 5.69 Å². The van der Waals surface area contributed by atoms with Gasteiger partial charge in [-0.25, -0.2) is 8.42 Å². The lowest BCUT2D eigenvalue weighted by Gasteiger charge is -2.22. The smallest absolute Gasteiger partial charge is 0.264 e. The normalized spacial score (nSPS) is 11.7. The molecule has 6 nitrogen and oxygen atoms in total. The predicted molar refractivity (Wildman–Crippen MR) is 136 cm³/mol. The summed E-state index contributed by atoms with van der Waals surface area (Å²) >= 11 is 0. The van der Waals surface area contributed by atoms with E-state index in [0.29, 0.717) is 24.4 Å². The van der Waals surface area contributed by atoms with Crippen LogP contribution in [-0.2, 0) is 15.4 Å². The fourth-order valence-corrected chi connectivity index (χ4v) is 4.67. The Balaban J connectivity index is 1.58. The van der Waals surface area contributed by atoms with Gasteiger partial charge in [0.1, 0.15) is 12.4 Å². The van der Waals surface area contributed by atoms with Gasteiger partial charge in [0, 0.05) is 12.6 Å². The first-order valence-corrected chi connectivity index (χ1v) is 12.6. The number of nitrogens with one attached hydrogen (secondary N) is 1. The predicted octanol–water partition coefficient (Wildman–Crippen LogP) is 4.93. The third kappa shape index (κ3) is 5.97. The zero-order valence-electron chi connectivity index (χ0n) is 20.3. The Labute approximate surface area is 202 Å². The van der Waals surface area contributed by atoms with Crippen LogP contribution >= 0.6 is 0 Å². The van der Waals surface area contributed by atoms with Gasteiger partial charge >= 0.3 is 0 Å². The number of carbonyl (C=O) groups excluding carboxylic acids is 1. The summed E-state index contributed by atoms with van der Waals surface area (Å²) in [6.07, 6.45) is 0. The first-order chi connectivity index (χ1) is 16.0.